The molecule has 0 radical (unpaired) electrons. The summed E-state index contributed by atoms with van der Waals surface area (Å²) in [5.74, 6) is 2.53. The Kier molecular flexibility index (Phi) is 5.61. The Hall–Kier alpha value is -3.09. The van der Waals surface area contributed by atoms with Crippen LogP contribution >= 0.6 is 0 Å². The van der Waals surface area contributed by atoms with Crippen molar-refractivity contribution in [2.45, 2.75) is 38.9 Å². The summed E-state index contributed by atoms with van der Waals surface area (Å²) in [5, 5.41) is 0. The molecule has 0 unspecified atom stereocenters. The smallest absolute Gasteiger partial charge is 0.457 e. The molecule has 0 saturated carbocycles. The molecule has 1 saturated heterocycles. The zero-order chi connectivity index (χ0) is 22.1. The van der Waals surface area contributed by atoms with Crippen LogP contribution in [-0.4, -0.2) is 24.6 Å². The summed E-state index contributed by atoms with van der Waals surface area (Å²) in [4.78, 5) is 11.7. The highest BCUT2D eigenvalue weighted by atomic mass is 16.7. The molecule has 0 bridgehead atoms. The quantitative estimate of drug-likeness (QED) is 0.399. The van der Waals surface area contributed by atoms with Crippen molar-refractivity contribution in [2.75, 3.05) is 0 Å². The number of benzene rings is 3. The Bertz CT molecular complexity index is 1050. The summed E-state index contributed by atoms with van der Waals surface area (Å²) in [7, 11) is -0.535. The molecule has 5 nitrogen and oxygen atoms in total. The molecule has 0 aliphatic carbocycles. The second-order valence-electron chi connectivity index (χ2n) is 8.49. The van der Waals surface area contributed by atoms with Crippen molar-refractivity contribution in [3.63, 3.8) is 0 Å². The number of rotatable bonds is 6. The molecule has 31 heavy (non-hydrogen) atoms. The molecule has 3 aromatic rings. The predicted octanol–water partition coefficient (Wildman–Crippen LogP) is 5.38. The van der Waals surface area contributed by atoms with Crippen LogP contribution in [0.15, 0.2) is 72.8 Å². The predicted molar refractivity (Wildman–Crippen MR) is 121 cm³/mol. The van der Waals surface area contributed by atoms with Crippen LogP contribution in [0.4, 0.5) is 0 Å². The molecule has 0 atom stereocenters. The first-order valence-corrected chi connectivity index (χ1v) is 10.2. The van der Waals surface area contributed by atoms with Crippen LogP contribution in [-0.2, 0) is 9.31 Å². The molecule has 0 aromatic heterocycles. The SMILES string of the molecule is CC1(C)OB(c2ccc(Oc3ccc(Oc4ccccc4)cc3)c(C=O)c2)OC1(C)C. The molecular formula is C25H25BO5. The van der Waals surface area contributed by atoms with Gasteiger partial charge in [-0.15, -0.1) is 0 Å². The van der Waals surface area contributed by atoms with Crippen LogP contribution in [0.3, 0.4) is 0 Å². The van der Waals surface area contributed by atoms with Crippen molar-refractivity contribution in [2.24, 2.45) is 0 Å². The zero-order valence-corrected chi connectivity index (χ0v) is 18.1. The second kappa shape index (κ2) is 8.21. The number of hydrogen-bond acceptors (Lipinski definition) is 5. The van der Waals surface area contributed by atoms with E-state index in [1.807, 2.05) is 76.2 Å². The second-order valence-corrected chi connectivity index (χ2v) is 8.49. The Morgan fingerprint density at radius 1 is 0.742 bits per heavy atom. The van der Waals surface area contributed by atoms with E-state index < -0.39 is 18.3 Å². The molecule has 1 aliphatic heterocycles. The van der Waals surface area contributed by atoms with E-state index in [4.69, 9.17) is 18.8 Å². The average molecular weight is 416 g/mol. The van der Waals surface area contributed by atoms with Crippen molar-refractivity contribution >= 4 is 18.9 Å². The fourth-order valence-electron chi connectivity index (χ4n) is 3.21. The minimum absolute atomic E-state index is 0.428. The minimum atomic E-state index is -0.535. The highest BCUT2D eigenvalue weighted by Crippen LogP contribution is 2.37. The van der Waals surface area contributed by atoms with Gasteiger partial charge in [-0.2, -0.15) is 0 Å². The van der Waals surface area contributed by atoms with Crippen molar-refractivity contribution in [1.29, 1.82) is 0 Å². The normalized spacial score (nSPS) is 16.7. The first-order chi connectivity index (χ1) is 14.8. The summed E-state index contributed by atoms with van der Waals surface area (Å²) < 4.78 is 23.9. The van der Waals surface area contributed by atoms with Gasteiger partial charge in [0.25, 0.3) is 0 Å². The number of ether oxygens (including phenoxy) is 2. The standard InChI is InChI=1S/C25H25BO5/c1-24(2)25(3,4)31-26(30-24)19-10-15-23(18(16-19)17-27)29-22-13-11-21(12-14-22)28-20-8-6-5-7-9-20/h5-17H,1-4H3. The van der Waals surface area contributed by atoms with Gasteiger partial charge in [0, 0.05) is 0 Å². The van der Waals surface area contributed by atoms with Gasteiger partial charge in [0.15, 0.2) is 6.29 Å². The number of para-hydroxylation sites is 1. The number of aldehydes is 1. The van der Waals surface area contributed by atoms with Gasteiger partial charge >= 0.3 is 7.12 Å². The van der Waals surface area contributed by atoms with E-state index in [1.165, 1.54) is 0 Å². The van der Waals surface area contributed by atoms with E-state index in [2.05, 4.69) is 0 Å². The summed E-state index contributed by atoms with van der Waals surface area (Å²) >= 11 is 0. The fourth-order valence-corrected chi connectivity index (χ4v) is 3.21. The summed E-state index contributed by atoms with van der Waals surface area (Å²) in [6.07, 6.45) is 0.775. The maximum atomic E-state index is 11.7. The Balaban J connectivity index is 1.48. The van der Waals surface area contributed by atoms with Crippen LogP contribution in [0.2, 0.25) is 0 Å². The molecular weight excluding hydrogens is 391 g/mol. The van der Waals surface area contributed by atoms with Gasteiger partial charge in [-0.05, 0) is 81.7 Å². The van der Waals surface area contributed by atoms with Crippen LogP contribution < -0.4 is 14.9 Å². The third kappa shape index (κ3) is 4.50. The topological polar surface area (TPSA) is 54.0 Å². The summed E-state index contributed by atoms with van der Waals surface area (Å²) in [6.45, 7) is 7.99. The third-order valence-corrected chi connectivity index (χ3v) is 5.72. The van der Waals surface area contributed by atoms with Crippen molar-refractivity contribution < 1.29 is 23.6 Å². The molecule has 0 N–H and O–H groups in total. The Labute approximate surface area is 183 Å². The van der Waals surface area contributed by atoms with Crippen LogP contribution in [0.1, 0.15) is 38.1 Å². The maximum Gasteiger partial charge on any atom is 0.494 e. The molecule has 3 aromatic carbocycles. The molecule has 4 rings (SSSR count). The van der Waals surface area contributed by atoms with E-state index >= 15 is 0 Å². The molecule has 0 amide bonds. The van der Waals surface area contributed by atoms with Crippen LogP contribution in [0.25, 0.3) is 0 Å². The molecule has 1 fully saturated rings. The third-order valence-electron chi connectivity index (χ3n) is 5.72. The van der Waals surface area contributed by atoms with Gasteiger partial charge in [0.1, 0.15) is 23.0 Å². The van der Waals surface area contributed by atoms with Gasteiger partial charge in [-0.3, -0.25) is 4.79 Å². The first kappa shape index (κ1) is 21.2. The Morgan fingerprint density at radius 2 is 1.29 bits per heavy atom. The van der Waals surface area contributed by atoms with E-state index in [9.17, 15) is 4.79 Å². The monoisotopic (exact) mass is 416 g/mol. The maximum absolute atomic E-state index is 11.7. The summed E-state index contributed by atoms with van der Waals surface area (Å²) in [5.41, 5.74) is 0.312. The van der Waals surface area contributed by atoms with Gasteiger partial charge in [-0.25, -0.2) is 0 Å². The highest BCUT2D eigenvalue weighted by Gasteiger charge is 2.51. The van der Waals surface area contributed by atoms with Crippen LogP contribution in [0.5, 0.6) is 23.0 Å². The lowest BCUT2D eigenvalue weighted by Gasteiger charge is -2.32. The molecule has 1 aliphatic rings. The average Bonchev–Trinajstić information content (AvgIpc) is 2.97. The molecule has 158 valence electrons. The number of carbonyl (C=O) groups is 1. The van der Waals surface area contributed by atoms with Crippen LogP contribution in [0, 0.1) is 0 Å². The molecule has 6 heteroatoms. The lowest BCUT2D eigenvalue weighted by Crippen LogP contribution is -2.41. The van der Waals surface area contributed by atoms with Crippen molar-refractivity contribution in [1.82, 2.24) is 0 Å². The minimum Gasteiger partial charge on any atom is -0.457 e. The highest BCUT2D eigenvalue weighted by molar-refractivity contribution is 6.62. The fraction of sp³-hybridized carbons (Fsp3) is 0.240. The zero-order valence-electron chi connectivity index (χ0n) is 18.1. The van der Waals surface area contributed by atoms with Gasteiger partial charge in [-0.1, -0.05) is 24.3 Å². The van der Waals surface area contributed by atoms with Gasteiger partial charge in [0.2, 0.25) is 0 Å². The van der Waals surface area contributed by atoms with E-state index in [0.29, 0.717) is 22.8 Å². The largest absolute Gasteiger partial charge is 0.494 e. The number of hydrogen-bond donors (Lipinski definition) is 0. The number of carbonyl (C=O) groups excluding carboxylic acids is 1. The first-order valence-electron chi connectivity index (χ1n) is 10.2. The lowest BCUT2D eigenvalue weighted by molar-refractivity contribution is 0.00578. The molecule has 0 spiro atoms. The van der Waals surface area contributed by atoms with E-state index in [0.717, 1.165) is 17.5 Å². The Morgan fingerprint density at radius 3 is 1.87 bits per heavy atom. The van der Waals surface area contributed by atoms with Crippen molar-refractivity contribution in [3.8, 4) is 23.0 Å². The summed E-state index contributed by atoms with van der Waals surface area (Å²) in [6, 6.07) is 22.2. The lowest BCUT2D eigenvalue weighted by atomic mass is 9.78. The van der Waals surface area contributed by atoms with Gasteiger partial charge < -0.3 is 18.8 Å². The van der Waals surface area contributed by atoms with Crippen molar-refractivity contribution in [3.05, 3.63) is 78.4 Å². The van der Waals surface area contributed by atoms with Gasteiger partial charge in [0.05, 0.1) is 16.8 Å². The molecule has 1 heterocycles. The van der Waals surface area contributed by atoms with E-state index in [1.54, 1.807) is 24.3 Å². The van der Waals surface area contributed by atoms with E-state index in [-0.39, 0.29) is 0 Å².